The number of benzene rings is 2. The van der Waals surface area contributed by atoms with Crippen LogP contribution in [0.2, 0.25) is 0 Å². The van der Waals surface area contributed by atoms with Crippen LogP contribution in [-0.2, 0) is 6.42 Å². The van der Waals surface area contributed by atoms with Crippen molar-refractivity contribution in [1.29, 1.82) is 0 Å². The van der Waals surface area contributed by atoms with Crippen LogP contribution in [0.1, 0.15) is 15.7 Å². The van der Waals surface area contributed by atoms with Crippen molar-refractivity contribution < 1.29 is 0 Å². The van der Waals surface area contributed by atoms with Crippen LogP contribution in [0.5, 0.6) is 0 Å². The van der Waals surface area contributed by atoms with Crippen molar-refractivity contribution in [3.8, 4) is 0 Å². The summed E-state index contributed by atoms with van der Waals surface area (Å²) in [4.78, 5) is 0. The maximum absolute atomic E-state index is 2.25. The molecule has 2 aromatic carbocycles. The molecule has 1 saturated heterocycles. The van der Waals surface area contributed by atoms with Crippen molar-refractivity contribution in [2.24, 2.45) is 5.92 Å². The van der Waals surface area contributed by atoms with E-state index >= 15 is 0 Å². The lowest BCUT2D eigenvalue weighted by atomic mass is 10.0. The highest BCUT2D eigenvalue weighted by Crippen LogP contribution is 2.45. The molecule has 0 saturated carbocycles. The Morgan fingerprint density at radius 3 is 2.00 bits per heavy atom. The molecule has 0 atom stereocenters. The maximum Gasteiger partial charge on any atom is 0.0751 e. The van der Waals surface area contributed by atoms with Crippen molar-refractivity contribution in [2.75, 3.05) is 11.5 Å². The molecule has 0 aliphatic carbocycles. The number of rotatable bonds is 3. The molecule has 0 N–H and O–H groups in total. The fraction of sp³-hybridized carbons (Fsp3) is 0.294. The van der Waals surface area contributed by atoms with E-state index in [9.17, 15) is 0 Å². The highest BCUT2D eigenvalue weighted by atomic mass is 32.2. The Bertz CT molecular complexity index is 487. The molecule has 1 fully saturated rings. The van der Waals surface area contributed by atoms with Gasteiger partial charge in [-0.2, -0.15) is 0 Å². The summed E-state index contributed by atoms with van der Waals surface area (Å²) in [5, 5.41) is 0. The van der Waals surface area contributed by atoms with Gasteiger partial charge in [0.1, 0.15) is 0 Å². The second kappa shape index (κ2) is 6.53. The minimum absolute atomic E-state index is 0.633. The van der Waals surface area contributed by atoms with Crippen LogP contribution in [0.25, 0.3) is 0 Å². The largest absolute Gasteiger partial charge is 0.142 e. The molecule has 0 aromatic heterocycles. The van der Waals surface area contributed by atoms with E-state index in [1.54, 1.807) is 0 Å². The van der Waals surface area contributed by atoms with Crippen LogP contribution in [0.3, 0.4) is 0 Å². The van der Waals surface area contributed by atoms with Crippen molar-refractivity contribution >= 4 is 23.5 Å². The molecule has 2 heteroatoms. The van der Waals surface area contributed by atoms with Crippen molar-refractivity contribution in [3.05, 3.63) is 71.8 Å². The SMILES string of the molecule is c1ccc(CC2CSC(c3ccccc3)SC2)cc1. The van der Waals surface area contributed by atoms with Crippen molar-refractivity contribution in [1.82, 2.24) is 0 Å². The standard InChI is InChI=1S/C17H18S2/c1-3-7-14(8-4-1)11-15-12-18-17(19-13-15)16-9-5-2-6-10-16/h1-10,15,17H,11-13H2. The summed E-state index contributed by atoms with van der Waals surface area (Å²) in [7, 11) is 0. The van der Waals surface area contributed by atoms with E-state index in [1.807, 2.05) is 0 Å². The average molecular weight is 286 g/mol. The zero-order valence-electron chi connectivity index (χ0n) is 10.9. The lowest BCUT2D eigenvalue weighted by Crippen LogP contribution is -2.16. The molecule has 3 rings (SSSR count). The highest BCUT2D eigenvalue weighted by molar-refractivity contribution is 8.16. The first kappa shape index (κ1) is 13.1. The van der Waals surface area contributed by atoms with Gasteiger partial charge >= 0.3 is 0 Å². The summed E-state index contributed by atoms with van der Waals surface area (Å²) in [5.74, 6) is 3.38. The zero-order valence-corrected chi connectivity index (χ0v) is 12.5. The van der Waals surface area contributed by atoms with E-state index < -0.39 is 0 Å². The highest BCUT2D eigenvalue weighted by Gasteiger charge is 2.23. The first-order valence-corrected chi connectivity index (χ1v) is 8.83. The van der Waals surface area contributed by atoms with Gasteiger partial charge in [-0.15, -0.1) is 23.5 Å². The van der Waals surface area contributed by atoms with Crippen molar-refractivity contribution in [3.63, 3.8) is 0 Å². The van der Waals surface area contributed by atoms with E-state index in [1.165, 1.54) is 29.1 Å². The summed E-state index contributed by atoms with van der Waals surface area (Å²) in [6.07, 6.45) is 1.22. The summed E-state index contributed by atoms with van der Waals surface area (Å²) in [6.45, 7) is 0. The van der Waals surface area contributed by atoms with Crippen LogP contribution in [0, 0.1) is 5.92 Å². The molecule has 19 heavy (non-hydrogen) atoms. The predicted octanol–water partition coefficient (Wildman–Crippen LogP) is 5.02. The molecule has 1 aliphatic rings. The summed E-state index contributed by atoms with van der Waals surface area (Å²) in [6, 6.07) is 21.8. The fourth-order valence-electron chi connectivity index (χ4n) is 2.41. The fourth-order valence-corrected chi connectivity index (χ4v) is 5.48. The Morgan fingerprint density at radius 1 is 0.789 bits per heavy atom. The first-order chi connectivity index (χ1) is 9.42. The van der Waals surface area contributed by atoms with Gasteiger partial charge in [0, 0.05) is 0 Å². The van der Waals surface area contributed by atoms with E-state index in [2.05, 4.69) is 84.2 Å². The Hall–Kier alpha value is -0.860. The number of hydrogen-bond donors (Lipinski definition) is 0. The summed E-state index contributed by atoms with van der Waals surface area (Å²) in [5.41, 5.74) is 2.95. The smallest absolute Gasteiger partial charge is 0.0751 e. The third-order valence-corrected chi connectivity index (χ3v) is 6.70. The van der Waals surface area contributed by atoms with Gasteiger partial charge < -0.3 is 0 Å². The van der Waals surface area contributed by atoms with E-state index in [4.69, 9.17) is 0 Å². The Kier molecular flexibility index (Phi) is 4.52. The Labute approximate surface area is 124 Å². The molecule has 0 amide bonds. The van der Waals surface area contributed by atoms with Crippen LogP contribution >= 0.6 is 23.5 Å². The molecule has 0 radical (unpaired) electrons. The monoisotopic (exact) mass is 286 g/mol. The van der Waals surface area contributed by atoms with E-state index in [0.29, 0.717) is 4.58 Å². The second-order valence-corrected chi connectivity index (χ2v) is 7.54. The lowest BCUT2D eigenvalue weighted by Gasteiger charge is -2.28. The van der Waals surface area contributed by atoms with Crippen LogP contribution in [-0.4, -0.2) is 11.5 Å². The van der Waals surface area contributed by atoms with Gasteiger partial charge in [0.15, 0.2) is 0 Å². The summed E-state index contributed by atoms with van der Waals surface area (Å²) >= 11 is 4.21. The number of hydrogen-bond acceptors (Lipinski definition) is 2. The second-order valence-electron chi connectivity index (χ2n) is 4.97. The van der Waals surface area contributed by atoms with Gasteiger partial charge in [-0.3, -0.25) is 0 Å². The van der Waals surface area contributed by atoms with Gasteiger partial charge in [-0.1, -0.05) is 60.7 Å². The molecule has 0 nitrogen and oxygen atoms in total. The molecule has 0 unspecified atom stereocenters. The Morgan fingerprint density at radius 2 is 1.37 bits per heavy atom. The van der Waals surface area contributed by atoms with Crippen LogP contribution in [0.4, 0.5) is 0 Å². The molecule has 1 heterocycles. The molecular weight excluding hydrogens is 268 g/mol. The minimum atomic E-state index is 0.633. The zero-order chi connectivity index (χ0) is 12.9. The molecular formula is C17H18S2. The van der Waals surface area contributed by atoms with Crippen LogP contribution < -0.4 is 0 Å². The van der Waals surface area contributed by atoms with Gasteiger partial charge in [0.05, 0.1) is 4.58 Å². The molecule has 98 valence electrons. The van der Waals surface area contributed by atoms with Crippen LogP contribution in [0.15, 0.2) is 60.7 Å². The van der Waals surface area contributed by atoms with Crippen molar-refractivity contribution in [2.45, 2.75) is 11.0 Å². The molecule has 1 aliphatic heterocycles. The predicted molar refractivity (Wildman–Crippen MR) is 87.7 cm³/mol. The van der Waals surface area contributed by atoms with Gasteiger partial charge in [0.2, 0.25) is 0 Å². The third kappa shape index (κ3) is 3.58. The topological polar surface area (TPSA) is 0 Å². The maximum atomic E-state index is 2.25. The molecule has 0 spiro atoms. The minimum Gasteiger partial charge on any atom is -0.142 e. The van der Waals surface area contributed by atoms with E-state index in [0.717, 1.165) is 5.92 Å². The molecule has 2 aromatic rings. The van der Waals surface area contributed by atoms with Gasteiger partial charge in [-0.05, 0) is 35.0 Å². The number of thioether (sulfide) groups is 2. The lowest BCUT2D eigenvalue weighted by molar-refractivity contribution is 0.665. The summed E-state index contributed by atoms with van der Waals surface area (Å²) < 4.78 is 0.633. The molecule has 0 bridgehead atoms. The third-order valence-electron chi connectivity index (χ3n) is 3.41. The van der Waals surface area contributed by atoms with Gasteiger partial charge in [-0.25, -0.2) is 0 Å². The quantitative estimate of drug-likeness (QED) is 0.776. The van der Waals surface area contributed by atoms with E-state index in [-0.39, 0.29) is 0 Å². The normalized spacial score (nSPS) is 23.2. The Balaban J connectivity index is 1.55. The average Bonchev–Trinajstić information content (AvgIpc) is 2.50. The first-order valence-electron chi connectivity index (χ1n) is 6.74. The van der Waals surface area contributed by atoms with Gasteiger partial charge in [0.25, 0.3) is 0 Å².